The summed E-state index contributed by atoms with van der Waals surface area (Å²) in [5.41, 5.74) is 10.7. The molecule has 2 rings (SSSR count). The van der Waals surface area contributed by atoms with Crippen molar-refractivity contribution in [3.8, 4) is 5.75 Å². The fourth-order valence-electron chi connectivity index (χ4n) is 2.05. The summed E-state index contributed by atoms with van der Waals surface area (Å²) < 4.78 is 24.1. The van der Waals surface area contributed by atoms with Gasteiger partial charge in [-0.25, -0.2) is 14.2 Å². The molecule has 0 aliphatic heterocycles. The molecule has 1 aromatic heterocycles. The van der Waals surface area contributed by atoms with Gasteiger partial charge in [-0.15, -0.1) is 11.3 Å². The number of carboxylic acid groups (broad SMARTS) is 1. The SMILES string of the molecule is COCCOc1cc(N)c(C(=N)C(=O)C=C(N)c2ncc(C(=O)O)s2)cc1F. The van der Waals surface area contributed by atoms with Crippen LogP contribution in [0, 0.1) is 11.2 Å². The quantitative estimate of drug-likeness (QED) is 0.210. The molecule has 0 saturated heterocycles. The Morgan fingerprint density at radius 3 is 2.71 bits per heavy atom. The van der Waals surface area contributed by atoms with E-state index in [2.05, 4.69) is 4.98 Å². The Morgan fingerprint density at radius 1 is 1.39 bits per heavy atom. The zero-order valence-electron chi connectivity index (χ0n) is 14.7. The first-order valence-corrected chi connectivity index (χ1v) is 8.57. The number of allylic oxidation sites excluding steroid dienone is 1. The lowest BCUT2D eigenvalue weighted by Gasteiger charge is -2.11. The molecule has 0 saturated carbocycles. The van der Waals surface area contributed by atoms with Crippen LogP contribution in [-0.2, 0) is 9.53 Å². The lowest BCUT2D eigenvalue weighted by molar-refractivity contribution is -0.108. The van der Waals surface area contributed by atoms with Gasteiger partial charge in [-0.3, -0.25) is 10.2 Å². The van der Waals surface area contributed by atoms with E-state index in [1.165, 1.54) is 13.2 Å². The number of benzene rings is 1. The van der Waals surface area contributed by atoms with Crippen LogP contribution in [-0.4, -0.2) is 47.9 Å². The molecule has 11 heteroatoms. The Balaban J connectivity index is 2.21. The molecule has 1 aromatic carbocycles. The van der Waals surface area contributed by atoms with Crippen LogP contribution in [0.15, 0.2) is 24.4 Å². The summed E-state index contributed by atoms with van der Waals surface area (Å²) in [6.45, 7) is 0.355. The fraction of sp³-hybridized carbons (Fsp3) is 0.176. The lowest BCUT2D eigenvalue weighted by Crippen LogP contribution is -2.16. The van der Waals surface area contributed by atoms with Gasteiger partial charge in [-0.05, 0) is 6.07 Å². The van der Waals surface area contributed by atoms with Crippen LogP contribution in [0.4, 0.5) is 10.1 Å². The summed E-state index contributed by atoms with van der Waals surface area (Å²) in [4.78, 5) is 26.9. The third-order valence-electron chi connectivity index (χ3n) is 3.41. The smallest absolute Gasteiger partial charge is 0.347 e. The van der Waals surface area contributed by atoms with Crippen molar-refractivity contribution >= 4 is 40.2 Å². The van der Waals surface area contributed by atoms with Gasteiger partial charge in [0, 0.05) is 30.5 Å². The number of thiazole rings is 1. The van der Waals surface area contributed by atoms with Gasteiger partial charge >= 0.3 is 5.97 Å². The third-order valence-corrected chi connectivity index (χ3v) is 4.45. The number of nitrogens with one attached hydrogen (secondary N) is 1. The topological polar surface area (TPSA) is 162 Å². The standard InChI is InChI=1S/C17H17FN4O5S/c1-26-2-3-27-13-6-10(19)8(4-9(13)18)15(21)12(23)5-11(20)16-22-7-14(28-16)17(24)25/h4-7,21H,2-3,19-20H2,1H3,(H,24,25). The van der Waals surface area contributed by atoms with Crippen molar-refractivity contribution in [1.82, 2.24) is 4.98 Å². The number of nitrogen functional groups attached to an aromatic ring is 1. The number of nitrogens with two attached hydrogens (primary N) is 2. The number of rotatable bonds is 9. The molecule has 6 N–H and O–H groups in total. The van der Waals surface area contributed by atoms with Gasteiger partial charge in [-0.2, -0.15) is 0 Å². The van der Waals surface area contributed by atoms with Crippen molar-refractivity contribution in [3.05, 3.63) is 45.7 Å². The fourth-order valence-corrected chi connectivity index (χ4v) is 2.73. The maximum absolute atomic E-state index is 14.2. The summed E-state index contributed by atoms with van der Waals surface area (Å²) >= 11 is 0.777. The van der Waals surface area contributed by atoms with Gasteiger partial charge in [0.05, 0.1) is 18.5 Å². The molecule has 1 heterocycles. The van der Waals surface area contributed by atoms with Gasteiger partial charge in [0.2, 0.25) is 5.78 Å². The van der Waals surface area contributed by atoms with Gasteiger partial charge in [0.25, 0.3) is 0 Å². The minimum atomic E-state index is -1.17. The highest BCUT2D eigenvalue weighted by Crippen LogP contribution is 2.25. The Morgan fingerprint density at radius 2 is 2.11 bits per heavy atom. The number of ether oxygens (including phenoxy) is 2. The molecule has 9 nitrogen and oxygen atoms in total. The molecular formula is C17H17FN4O5S. The Labute approximate surface area is 162 Å². The number of aromatic carboxylic acids is 1. The molecule has 0 aliphatic carbocycles. The maximum Gasteiger partial charge on any atom is 0.347 e. The van der Waals surface area contributed by atoms with Crippen LogP contribution < -0.4 is 16.2 Å². The molecule has 0 unspecified atom stereocenters. The second-order valence-corrected chi connectivity index (χ2v) is 6.42. The zero-order chi connectivity index (χ0) is 20.8. The lowest BCUT2D eigenvalue weighted by atomic mass is 10.0. The third kappa shape index (κ3) is 4.90. The van der Waals surface area contributed by atoms with E-state index < -0.39 is 23.3 Å². The van der Waals surface area contributed by atoms with Gasteiger partial charge < -0.3 is 26.0 Å². The van der Waals surface area contributed by atoms with E-state index in [0.717, 1.165) is 29.7 Å². The number of ketones is 1. The number of halogens is 1. The van der Waals surface area contributed by atoms with E-state index in [1.807, 2.05) is 0 Å². The number of anilines is 1. The highest BCUT2D eigenvalue weighted by Gasteiger charge is 2.18. The van der Waals surface area contributed by atoms with E-state index in [1.54, 1.807) is 0 Å². The average molecular weight is 408 g/mol. The summed E-state index contributed by atoms with van der Waals surface area (Å²) in [5.74, 6) is -2.94. The number of hydrogen-bond donors (Lipinski definition) is 4. The second-order valence-electron chi connectivity index (χ2n) is 5.38. The molecule has 0 radical (unpaired) electrons. The number of hydrogen-bond acceptors (Lipinski definition) is 9. The zero-order valence-corrected chi connectivity index (χ0v) is 15.5. The van der Waals surface area contributed by atoms with Crippen LogP contribution >= 0.6 is 11.3 Å². The van der Waals surface area contributed by atoms with Gasteiger partial charge in [0.1, 0.15) is 22.2 Å². The molecular weight excluding hydrogens is 391 g/mol. The monoisotopic (exact) mass is 408 g/mol. The highest BCUT2D eigenvalue weighted by molar-refractivity contribution is 7.14. The largest absolute Gasteiger partial charge is 0.488 e. The molecule has 0 fully saturated rings. The van der Waals surface area contributed by atoms with Crippen molar-refractivity contribution in [3.63, 3.8) is 0 Å². The summed E-state index contributed by atoms with van der Waals surface area (Å²) in [6.07, 6.45) is 2.02. The number of aromatic nitrogens is 1. The van der Waals surface area contributed by atoms with Crippen LogP contribution in [0.2, 0.25) is 0 Å². The summed E-state index contributed by atoms with van der Waals surface area (Å²) in [7, 11) is 1.47. The van der Waals surface area contributed by atoms with Crippen molar-refractivity contribution in [2.75, 3.05) is 26.1 Å². The van der Waals surface area contributed by atoms with E-state index in [0.29, 0.717) is 0 Å². The van der Waals surface area contributed by atoms with Crippen molar-refractivity contribution in [2.24, 2.45) is 5.73 Å². The van der Waals surface area contributed by atoms with E-state index in [4.69, 9.17) is 31.5 Å². The number of carbonyl (C=O) groups is 2. The minimum Gasteiger partial charge on any atom is -0.488 e. The van der Waals surface area contributed by atoms with E-state index >= 15 is 0 Å². The first-order chi connectivity index (χ1) is 13.2. The molecule has 0 spiro atoms. The minimum absolute atomic E-state index is 0.0263. The van der Waals surface area contributed by atoms with Crippen LogP contribution in [0.5, 0.6) is 5.75 Å². The van der Waals surface area contributed by atoms with E-state index in [-0.39, 0.29) is 45.8 Å². The highest BCUT2D eigenvalue weighted by atomic mass is 32.1. The number of carbonyl (C=O) groups excluding carboxylic acids is 1. The first kappa shape index (κ1) is 21.0. The maximum atomic E-state index is 14.2. The number of carboxylic acids is 1. The van der Waals surface area contributed by atoms with Gasteiger partial charge in [0.15, 0.2) is 11.6 Å². The number of nitrogens with zero attached hydrogens (tertiary/aromatic N) is 1. The van der Waals surface area contributed by atoms with Crippen molar-refractivity contribution in [1.29, 1.82) is 5.41 Å². The van der Waals surface area contributed by atoms with Crippen LogP contribution in [0.3, 0.4) is 0 Å². The normalized spacial score (nSPS) is 11.3. The number of methoxy groups -OCH3 is 1. The van der Waals surface area contributed by atoms with Gasteiger partial charge in [-0.1, -0.05) is 0 Å². The molecule has 0 bridgehead atoms. The Hall–Kier alpha value is -3.31. The molecule has 0 amide bonds. The van der Waals surface area contributed by atoms with Crippen LogP contribution in [0.25, 0.3) is 5.70 Å². The Kier molecular flexibility index (Phi) is 6.79. The molecule has 0 aliphatic rings. The predicted octanol–water partition coefficient (Wildman–Crippen LogP) is 1.52. The van der Waals surface area contributed by atoms with E-state index in [9.17, 15) is 14.0 Å². The summed E-state index contributed by atoms with van der Waals surface area (Å²) in [5, 5.41) is 17.0. The predicted molar refractivity (Wildman–Crippen MR) is 101 cm³/mol. The summed E-state index contributed by atoms with van der Waals surface area (Å²) in [6, 6.07) is 2.10. The van der Waals surface area contributed by atoms with Crippen LogP contribution in [0.1, 0.15) is 20.2 Å². The molecule has 0 atom stereocenters. The molecule has 148 valence electrons. The molecule has 28 heavy (non-hydrogen) atoms. The average Bonchev–Trinajstić information content (AvgIpc) is 3.14. The molecule has 2 aromatic rings. The Bertz CT molecular complexity index is 957. The van der Waals surface area contributed by atoms with Crippen molar-refractivity contribution in [2.45, 2.75) is 0 Å². The second kappa shape index (κ2) is 9.06. The first-order valence-electron chi connectivity index (χ1n) is 7.75. The van der Waals surface area contributed by atoms with Crippen molar-refractivity contribution < 1.29 is 28.6 Å².